The van der Waals surface area contributed by atoms with E-state index < -0.39 is 29.3 Å². The van der Waals surface area contributed by atoms with E-state index in [2.05, 4.69) is 5.10 Å². The van der Waals surface area contributed by atoms with E-state index in [-0.39, 0.29) is 17.9 Å². The van der Waals surface area contributed by atoms with Gasteiger partial charge in [0.2, 0.25) is 0 Å². The fourth-order valence-corrected chi connectivity index (χ4v) is 3.16. The molecule has 1 aliphatic heterocycles. The third kappa shape index (κ3) is 5.38. The number of amides is 1. The molecule has 0 fully saturated rings. The number of methoxy groups -OCH3 is 1. The first kappa shape index (κ1) is 24.8. The zero-order valence-corrected chi connectivity index (χ0v) is 18.8. The van der Waals surface area contributed by atoms with E-state index in [1.807, 2.05) is 6.92 Å². The van der Waals surface area contributed by atoms with Crippen molar-refractivity contribution in [3.8, 4) is 11.5 Å². The monoisotopic (exact) mass is 476 g/mol. The topological polar surface area (TPSA) is 77.4 Å². The van der Waals surface area contributed by atoms with Crippen LogP contribution in [0, 0.1) is 0 Å². The van der Waals surface area contributed by atoms with Gasteiger partial charge in [-0.25, -0.2) is 4.79 Å². The number of anilines is 1. The van der Waals surface area contributed by atoms with E-state index in [0.717, 1.165) is 6.08 Å². The molecule has 0 saturated heterocycles. The Morgan fingerprint density at radius 1 is 1.09 bits per heavy atom. The maximum Gasteiger partial charge on any atom is 0.435 e. The number of alkyl halides is 3. The first-order chi connectivity index (χ1) is 16.2. The molecule has 0 spiro atoms. The lowest BCUT2D eigenvalue weighted by Gasteiger charge is -2.12. The average molecular weight is 476 g/mol. The molecule has 3 rings (SSSR count). The number of carbonyl (C=O) groups excluding carboxylic acids is 2. The molecule has 0 aliphatic carbocycles. The molecule has 0 atom stereocenters. The Hall–Kier alpha value is -3.82. The number of halogens is 3. The summed E-state index contributed by atoms with van der Waals surface area (Å²) in [4.78, 5) is 24.9. The quantitative estimate of drug-likeness (QED) is 0.396. The predicted octanol–water partition coefficient (Wildman–Crippen LogP) is 5.01. The summed E-state index contributed by atoms with van der Waals surface area (Å²) >= 11 is 0. The van der Waals surface area contributed by atoms with E-state index >= 15 is 0 Å². The van der Waals surface area contributed by atoms with Crippen LogP contribution in [0.2, 0.25) is 0 Å². The van der Waals surface area contributed by atoms with Crippen LogP contribution in [-0.2, 0) is 9.53 Å². The van der Waals surface area contributed by atoms with Crippen LogP contribution in [0.5, 0.6) is 11.5 Å². The highest BCUT2D eigenvalue weighted by Gasteiger charge is 2.46. The van der Waals surface area contributed by atoms with Gasteiger partial charge in [0.25, 0.3) is 5.91 Å². The molecule has 34 heavy (non-hydrogen) atoms. The van der Waals surface area contributed by atoms with Crippen molar-refractivity contribution in [2.24, 2.45) is 5.10 Å². The average Bonchev–Trinajstić information content (AvgIpc) is 3.15. The maximum absolute atomic E-state index is 13.7. The molecule has 0 radical (unpaired) electrons. The SMILES string of the molecule is CCCOC(=O)c1ccc(N2N=C(C(F)(F)F)/C(=C/c3ccc(OCC)c(OC)c3)C2=O)cc1. The zero-order valence-electron chi connectivity index (χ0n) is 18.8. The summed E-state index contributed by atoms with van der Waals surface area (Å²) in [5.41, 5.74) is -1.36. The van der Waals surface area contributed by atoms with E-state index in [4.69, 9.17) is 14.2 Å². The zero-order chi connectivity index (χ0) is 24.9. The maximum atomic E-state index is 13.7. The molecule has 0 N–H and O–H groups in total. The summed E-state index contributed by atoms with van der Waals surface area (Å²) in [6.45, 7) is 4.26. The van der Waals surface area contributed by atoms with Crippen molar-refractivity contribution in [3.05, 3.63) is 59.2 Å². The van der Waals surface area contributed by atoms with Crippen molar-refractivity contribution in [1.29, 1.82) is 0 Å². The molecule has 10 heteroatoms. The van der Waals surface area contributed by atoms with Crippen molar-refractivity contribution in [2.45, 2.75) is 26.4 Å². The summed E-state index contributed by atoms with van der Waals surface area (Å²) in [6.07, 6.45) is -3.12. The molecule has 0 aromatic heterocycles. The minimum Gasteiger partial charge on any atom is -0.493 e. The third-order valence-corrected chi connectivity index (χ3v) is 4.73. The molecule has 0 bridgehead atoms. The van der Waals surface area contributed by atoms with Gasteiger partial charge in [-0.2, -0.15) is 23.3 Å². The third-order valence-electron chi connectivity index (χ3n) is 4.73. The van der Waals surface area contributed by atoms with Gasteiger partial charge >= 0.3 is 12.1 Å². The summed E-state index contributed by atoms with van der Waals surface area (Å²) in [7, 11) is 1.40. The van der Waals surface area contributed by atoms with Gasteiger partial charge in [-0.1, -0.05) is 13.0 Å². The smallest absolute Gasteiger partial charge is 0.435 e. The summed E-state index contributed by atoms with van der Waals surface area (Å²) in [6, 6.07) is 9.93. The van der Waals surface area contributed by atoms with Gasteiger partial charge in [0.15, 0.2) is 17.2 Å². The number of hydrogen-bond acceptors (Lipinski definition) is 6. The molecule has 1 aliphatic rings. The van der Waals surface area contributed by atoms with Crippen LogP contribution in [0.3, 0.4) is 0 Å². The van der Waals surface area contributed by atoms with Crippen molar-refractivity contribution in [2.75, 3.05) is 25.3 Å². The Bertz CT molecular complexity index is 1120. The summed E-state index contributed by atoms with van der Waals surface area (Å²) in [5.74, 6) is -0.782. The number of ether oxygens (including phenoxy) is 3. The molecule has 1 heterocycles. The first-order valence-electron chi connectivity index (χ1n) is 10.5. The fourth-order valence-electron chi connectivity index (χ4n) is 3.16. The lowest BCUT2D eigenvalue weighted by molar-refractivity contribution is -0.114. The van der Waals surface area contributed by atoms with Crippen LogP contribution in [0.15, 0.2) is 53.1 Å². The number of nitrogens with zero attached hydrogens (tertiary/aromatic N) is 2. The standard InChI is InChI=1S/C24H23F3N2O5/c1-4-12-34-23(31)16-7-9-17(10-8-16)29-22(30)18(21(28-29)24(25,26)27)13-15-6-11-19(33-5-2)20(14-15)32-3/h6-11,13-14H,4-5,12H2,1-3H3/b18-13-. The fraction of sp³-hybridized carbons (Fsp3) is 0.292. The highest BCUT2D eigenvalue weighted by Crippen LogP contribution is 2.34. The molecule has 0 saturated carbocycles. The molecular weight excluding hydrogens is 453 g/mol. The second-order valence-electron chi connectivity index (χ2n) is 7.15. The Morgan fingerprint density at radius 3 is 2.38 bits per heavy atom. The van der Waals surface area contributed by atoms with Gasteiger partial charge in [0, 0.05) is 0 Å². The predicted molar refractivity (Wildman–Crippen MR) is 120 cm³/mol. The minimum absolute atomic E-state index is 0.0754. The van der Waals surface area contributed by atoms with Crippen molar-refractivity contribution in [1.82, 2.24) is 0 Å². The number of rotatable bonds is 8. The van der Waals surface area contributed by atoms with Crippen molar-refractivity contribution in [3.63, 3.8) is 0 Å². The van der Waals surface area contributed by atoms with E-state index in [1.54, 1.807) is 13.0 Å². The van der Waals surface area contributed by atoms with Gasteiger partial charge in [0.1, 0.15) is 0 Å². The molecular formula is C24H23F3N2O5. The lowest BCUT2D eigenvalue weighted by Crippen LogP contribution is -2.25. The van der Waals surface area contributed by atoms with Crippen molar-refractivity contribution < 1.29 is 37.0 Å². The highest BCUT2D eigenvalue weighted by atomic mass is 19.4. The Balaban J connectivity index is 1.95. The van der Waals surface area contributed by atoms with Gasteiger partial charge in [0.05, 0.1) is 37.1 Å². The van der Waals surface area contributed by atoms with Gasteiger partial charge in [-0.3, -0.25) is 4.79 Å². The number of hydrazone groups is 1. The molecule has 2 aromatic carbocycles. The molecule has 0 unspecified atom stereocenters. The number of carbonyl (C=O) groups is 2. The summed E-state index contributed by atoms with van der Waals surface area (Å²) < 4.78 is 56.8. The number of hydrogen-bond donors (Lipinski definition) is 0. The first-order valence-corrected chi connectivity index (χ1v) is 10.5. The van der Waals surface area contributed by atoms with E-state index in [9.17, 15) is 22.8 Å². The minimum atomic E-state index is -4.87. The molecule has 1 amide bonds. The Labute approximate surface area is 194 Å². The second kappa shape index (κ2) is 10.4. The van der Waals surface area contributed by atoms with Gasteiger partial charge < -0.3 is 14.2 Å². The van der Waals surface area contributed by atoms with Gasteiger partial charge in [-0.05, 0) is 61.4 Å². The largest absolute Gasteiger partial charge is 0.493 e. The normalized spacial score (nSPS) is 14.9. The van der Waals surface area contributed by atoms with Crippen LogP contribution in [0.4, 0.5) is 18.9 Å². The van der Waals surface area contributed by atoms with E-state index in [1.165, 1.54) is 43.5 Å². The Morgan fingerprint density at radius 2 is 1.79 bits per heavy atom. The summed E-state index contributed by atoms with van der Waals surface area (Å²) in [5, 5.41) is 4.19. The number of benzene rings is 2. The van der Waals surface area contributed by atoms with E-state index in [0.29, 0.717) is 35.1 Å². The molecule has 180 valence electrons. The number of esters is 1. The van der Waals surface area contributed by atoms with Crippen LogP contribution in [0.25, 0.3) is 6.08 Å². The van der Waals surface area contributed by atoms with Crippen LogP contribution >= 0.6 is 0 Å². The molecule has 7 nitrogen and oxygen atoms in total. The lowest BCUT2D eigenvalue weighted by atomic mass is 10.1. The van der Waals surface area contributed by atoms with Crippen LogP contribution in [-0.4, -0.2) is 44.1 Å². The highest BCUT2D eigenvalue weighted by molar-refractivity contribution is 6.34. The van der Waals surface area contributed by atoms with Crippen LogP contribution in [0.1, 0.15) is 36.2 Å². The Kier molecular flexibility index (Phi) is 7.60. The second-order valence-corrected chi connectivity index (χ2v) is 7.15. The van der Waals surface area contributed by atoms with Crippen LogP contribution < -0.4 is 14.5 Å². The van der Waals surface area contributed by atoms with Crippen molar-refractivity contribution >= 4 is 29.4 Å². The van der Waals surface area contributed by atoms with Gasteiger partial charge in [-0.15, -0.1) is 0 Å². The molecule has 2 aromatic rings.